The number of nitrogens with two attached hydrogens (primary N) is 1. The van der Waals surface area contributed by atoms with Crippen LogP contribution in [0.3, 0.4) is 0 Å². The van der Waals surface area contributed by atoms with Gasteiger partial charge in [-0.05, 0) is 31.2 Å². The maximum Gasteiger partial charge on any atom is 0.239 e. The van der Waals surface area contributed by atoms with Gasteiger partial charge in [0, 0.05) is 12.6 Å². The van der Waals surface area contributed by atoms with Gasteiger partial charge in [-0.25, -0.2) is 0 Å². The van der Waals surface area contributed by atoms with Crippen LogP contribution in [0.5, 0.6) is 0 Å². The van der Waals surface area contributed by atoms with E-state index in [4.69, 9.17) is 11.0 Å². The van der Waals surface area contributed by atoms with Crippen LogP contribution in [0.4, 0.5) is 0 Å². The smallest absolute Gasteiger partial charge is 0.239 e. The molecule has 0 unspecified atom stereocenters. The average molecular weight is 271 g/mol. The predicted octanol–water partition coefficient (Wildman–Crippen LogP) is 1.85. The number of nitrogens with zero attached hydrogens (tertiary/aromatic N) is 2. The summed E-state index contributed by atoms with van der Waals surface area (Å²) in [5.41, 5.74) is 7.23. The first-order chi connectivity index (χ1) is 9.72. The van der Waals surface area contributed by atoms with E-state index in [-0.39, 0.29) is 5.91 Å². The van der Waals surface area contributed by atoms with Gasteiger partial charge in [-0.3, -0.25) is 4.79 Å². The molecule has 0 bridgehead atoms. The molecular formula is C16H21N3O. The normalized spacial score (nSPS) is 15.4. The zero-order chi connectivity index (χ0) is 14.4. The Morgan fingerprint density at radius 1 is 1.40 bits per heavy atom. The summed E-state index contributed by atoms with van der Waals surface area (Å²) < 4.78 is 0. The zero-order valence-corrected chi connectivity index (χ0v) is 11.7. The van der Waals surface area contributed by atoms with Crippen LogP contribution in [-0.2, 0) is 11.2 Å². The van der Waals surface area contributed by atoms with Crippen LogP contribution in [-0.4, -0.2) is 29.4 Å². The van der Waals surface area contributed by atoms with Crippen molar-refractivity contribution in [2.24, 2.45) is 5.73 Å². The molecule has 4 nitrogen and oxygen atoms in total. The third-order valence-electron chi connectivity index (χ3n) is 3.64. The Labute approximate surface area is 120 Å². The first-order valence-electron chi connectivity index (χ1n) is 7.19. The van der Waals surface area contributed by atoms with E-state index in [9.17, 15) is 4.79 Å². The number of hydrogen-bond donors (Lipinski definition) is 1. The van der Waals surface area contributed by atoms with Crippen molar-refractivity contribution in [1.29, 1.82) is 5.26 Å². The maximum atomic E-state index is 12.3. The third-order valence-corrected chi connectivity index (χ3v) is 3.64. The van der Waals surface area contributed by atoms with Crippen molar-refractivity contribution in [1.82, 2.24) is 4.90 Å². The van der Waals surface area contributed by atoms with Gasteiger partial charge in [0.25, 0.3) is 0 Å². The van der Waals surface area contributed by atoms with Crippen molar-refractivity contribution in [2.75, 3.05) is 6.54 Å². The fourth-order valence-corrected chi connectivity index (χ4v) is 2.33. The molecular weight excluding hydrogens is 250 g/mol. The van der Waals surface area contributed by atoms with Crippen LogP contribution in [0.2, 0.25) is 0 Å². The molecule has 0 aromatic heterocycles. The number of carbonyl (C=O) groups excluding carboxylic acids is 1. The Kier molecular flexibility index (Phi) is 5.14. The van der Waals surface area contributed by atoms with Crippen molar-refractivity contribution < 1.29 is 4.79 Å². The molecule has 1 aromatic carbocycles. The van der Waals surface area contributed by atoms with Crippen LogP contribution >= 0.6 is 0 Å². The van der Waals surface area contributed by atoms with Crippen LogP contribution in [0.15, 0.2) is 30.3 Å². The summed E-state index contributed by atoms with van der Waals surface area (Å²) >= 11 is 0. The quantitative estimate of drug-likeness (QED) is 0.822. The third kappa shape index (κ3) is 4.07. The largest absolute Gasteiger partial charge is 0.337 e. The van der Waals surface area contributed by atoms with Gasteiger partial charge in [0.2, 0.25) is 5.91 Å². The van der Waals surface area contributed by atoms with E-state index < -0.39 is 6.04 Å². The molecule has 1 aromatic rings. The van der Waals surface area contributed by atoms with Gasteiger partial charge in [0.15, 0.2) is 0 Å². The Hall–Kier alpha value is -1.86. The number of amides is 1. The van der Waals surface area contributed by atoms with Gasteiger partial charge in [-0.1, -0.05) is 30.3 Å². The molecule has 1 aliphatic rings. The molecule has 1 amide bonds. The molecule has 2 N–H and O–H groups in total. The molecule has 0 saturated heterocycles. The maximum absolute atomic E-state index is 12.3. The first-order valence-corrected chi connectivity index (χ1v) is 7.19. The SMILES string of the molecule is N#CCCN(C(=O)[C@@H](N)CCc1ccccc1)C1CC1. The Morgan fingerprint density at radius 2 is 2.10 bits per heavy atom. The van der Waals surface area contributed by atoms with Crippen LogP contribution in [0, 0.1) is 11.3 Å². The first kappa shape index (κ1) is 14.5. The second-order valence-corrected chi connectivity index (χ2v) is 5.30. The minimum Gasteiger partial charge on any atom is -0.337 e. The van der Waals surface area contributed by atoms with Gasteiger partial charge < -0.3 is 10.6 Å². The fraction of sp³-hybridized carbons (Fsp3) is 0.500. The predicted molar refractivity (Wildman–Crippen MR) is 77.7 cm³/mol. The number of nitriles is 1. The molecule has 1 atom stereocenters. The highest BCUT2D eigenvalue weighted by Crippen LogP contribution is 2.27. The summed E-state index contributed by atoms with van der Waals surface area (Å²) in [6, 6.07) is 12.0. The van der Waals surface area contributed by atoms with E-state index in [0.717, 1.165) is 19.3 Å². The van der Waals surface area contributed by atoms with Gasteiger partial charge in [0.05, 0.1) is 18.5 Å². The van der Waals surface area contributed by atoms with Gasteiger partial charge in [-0.15, -0.1) is 0 Å². The standard InChI is InChI=1S/C16H21N3O/c17-11-4-12-19(14-8-9-14)16(20)15(18)10-7-13-5-2-1-3-6-13/h1-3,5-6,14-15H,4,7-10,12,18H2/t15-/m0/s1. The van der Waals surface area contributed by atoms with Crippen molar-refractivity contribution >= 4 is 5.91 Å². The summed E-state index contributed by atoms with van der Waals surface area (Å²) in [6.07, 6.45) is 3.93. The van der Waals surface area contributed by atoms with E-state index in [1.165, 1.54) is 5.56 Å². The van der Waals surface area contributed by atoms with Crippen LogP contribution in [0.25, 0.3) is 0 Å². The van der Waals surface area contributed by atoms with Crippen LogP contribution < -0.4 is 5.73 Å². The molecule has 0 heterocycles. The monoisotopic (exact) mass is 271 g/mol. The number of rotatable bonds is 7. The molecule has 4 heteroatoms. The molecule has 106 valence electrons. The lowest BCUT2D eigenvalue weighted by Gasteiger charge is -2.24. The Balaban J connectivity index is 1.85. The van der Waals surface area contributed by atoms with E-state index >= 15 is 0 Å². The summed E-state index contributed by atoms with van der Waals surface area (Å²) in [5, 5.41) is 8.67. The second-order valence-electron chi connectivity index (χ2n) is 5.30. The van der Waals surface area contributed by atoms with E-state index in [1.54, 1.807) is 4.90 Å². The van der Waals surface area contributed by atoms with Crippen molar-refractivity contribution in [3.05, 3.63) is 35.9 Å². The van der Waals surface area contributed by atoms with E-state index in [0.29, 0.717) is 25.4 Å². The van der Waals surface area contributed by atoms with Crippen molar-refractivity contribution in [3.63, 3.8) is 0 Å². The zero-order valence-electron chi connectivity index (χ0n) is 11.7. The van der Waals surface area contributed by atoms with Crippen molar-refractivity contribution in [3.8, 4) is 6.07 Å². The summed E-state index contributed by atoms with van der Waals surface area (Å²) in [5.74, 6) is -0.00122. The summed E-state index contributed by atoms with van der Waals surface area (Å²) in [6.45, 7) is 0.513. The molecule has 1 saturated carbocycles. The number of aryl methyl sites for hydroxylation is 1. The molecule has 0 radical (unpaired) electrons. The van der Waals surface area contributed by atoms with Gasteiger partial charge in [-0.2, -0.15) is 5.26 Å². The van der Waals surface area contributed by atoms with Crippen molar-refractivity contribution in [2.45, 2.75) is 44.2 Å². The minimum absolute atomic E-state index is 0.00122. The minimum atomic E-state index is -0.463. The highest BCUT2D eigenvalue weighted by atomic mass is 16.2. The Morgan fingerprint density at radius 3 is 2.70 bits per heavy atom. The van der Waals surface area contributed by atoms with E-state index in [1.807, 2.05) is 30.3 Å². The second kappa shape index (κ2) is 7.06. The lowest BCUT2D eigenvalue weighted by atomic mass is 10.0. The lowest BCUT2D eigenvalue weighted by molar-refractivity contribution is -0.133. The number of carbonyl (C=O) groups is 1. The topological polar surface area (TPSA) is 70.1 Å². The summed E-state index contributed by atoms with van der Waals surface area (Å²) in [4.78, 5) is 14.1. The molecule has 0 spiro atoms. The van der Waals surface area contributed by atoms with E-state index in [2.05, 4.69) is 6.07 Å². The molecule has 2 rings (SSSR count). The number of hydrogen-bond acceptors (Lipinski definition) is 3. The fourth-order valence-electron chi connectivity index (χ4n) is 2.33. The van der Waals surface area contributed by atoms with Crippen LogP contribution in [0.1, 0.15) is 31.2 Å². The molecule has 0 aliphatic heterocycles. The van der Waals surface area contributed by atoms with Gasteiger partial charge in [0.1, 0.15) is 0 Å². The highest BCUT2D eigenvalue weighted by molar-refractivity contribution is 5.82. The average Bonchev–Trinajstić information content (AvgIpc) is 3.31. The molecule has 1 fully saturated rings. The van der Waals surface area contributed by atoms with Gasteiger partial charge >= 0.3 is 0 Å². The molecule has 20 heavy (non-hydrogen) atoms. The Bertz CT molecular complexity index is 476. The molecule has 1 aliphatic carbocycles. The number of benzene rings is 1. The summed E-state index contributed by atoms with van der Waals surface area (Å²) in [7, 11) is 0. The lowest BCUT2D eigenvalue weighted by Crippen LogP contribution is -2.45. The highest BCUT2D eigenvalue weighted by Gasteiger charge is 2.34.